The molecule has 0 unspecified atom stereocenters. The Bertz CT molecular complexity index is 753. The van der Waals surface area contributed by atoms with Gasteiger partial charge in [-0.25, -0.2) is 4.79 Å². The Labute approximate surface area is 154 Å². The van der Waals surface area contributed by atoms with Crippen LogP contribution in [0.1, 0.15) is 35.7 Å². The van der Waals surface area contributed by atoms with Gasteiger partial charge in [0.25, 0.3) is 0 Å². The molecule has 1 aliphatic heterocycles. The van der Waals surface area contributed by atoms with Crippen molar-refractivity contribution in [1.82, 2.24) is 10.2 Å². The summed E-state index contributed by atoms with van der Waals surface area (Å²) < 4.78 is 0. The van der Waals surface area contributed by atoms with E-state index in [1.807, 2.05) is 6.07 Å². The number of amides is 2. The van der Waals surface area contributed by atoms with E-state index in [4.69, 9.17) is 0 Å². The molecule has 5 nitrogen and oxygen atoms in total. The van der Waals surface area contributed by atoms with Gasteiger partial charge in [-0.2, -0.15) is 0 Å². The number of Topliss-reactive ketones (excluding diaryl/α,β-unsaturated/α-hetero) is 1. The van der Waals surface area contributed by atoms with Gasteiger partial charge in [0.1, 0.15) is 0 Å². The number of nitrogens with one attached hydrogen (secondary N) is 2. The first-order chi connectivity index (χ1) is 12.6. The Kier molecular flexibility index (Phi) is 6.02. The van der Waals surface area contributed by atoms with E-state index < -0.39 is 0 Å². The third-order valence-electron chi connectivity index (χ3n) is 4.70. The minimum absolute atomic E-state index is 0.0140. The maximum Gasteiger partial charge on any atom is 0.319 e. The molecule has 2 N–H and O–H groups in total. The van der Waals surface area contributed by atoms with Crippen molar-refractivity contribution in [3.63, 3.8) is 0 Å². The maximum atomic E-state index is 12.2. The highest BCUT2D eigenvalue weighted by atomic mass is 16.2. The number of benzene rings is 2. The van der Waals surface area contributed by atoms with Crippen LogP contribution in [0.25, 0.3) is 0 Å². The number of rotatable bonds is 5. The summed E-state index contributed by atoms with van der Waals surface area (Å²) in [5, 5.41) is 5.86. The molecule has 5 heteroatoms. The molecule has 0 aliphatic carbocycles. The van der Waals surface area contributed by atoms with Gasteiger partial charge in [0.05, 0.1) is 0 Å². The van der Waals surface area contributed by atoms with Crippen LogP contribution in [0.4, 0.5) is 10.5 Å². The van der Waals surface area contributed by atoms with Crippen LogP contribution in [0, 0.1) is 0 Å². The van der Waals surface area contributed by atoms with E-state index in [-0.39, 0.29) is 17.9 Å². The summed E-state index contributed by atoms with van der Waals surface area (Å²) in [6.45, 7) is 4.42. The van der Waals surface area contributed by atoms with Crippen LogP contribution in [0.3, 0.4) is 0 Å². The Morgan fingerprint density at radius 2 is 1.77 bits per heavy atom. The second kappa shape index (κ2) is 8.63. The summed E-state index contributed by atoms with van der Waals surface area (Å²) in [6, 6.07) is 17.4. The summed E-state index contributed by atoms with van der Waals surface area (Å²) in [5.41, 5.74) is 2.55. The van der Waals surface area contributed by atoms with Crippen molar-refractivity contribution in [2.45, 2.75) is 32.4 Å². The molecule has 1 saturated heterocycles. The molecule has 2 aromatic rings. The third kappa shape index (κ3) is 5.17. The van der Waals surface area contributed by atoms with Crippen LogP contribution in [-0.2, 0) is 6.54 Å². The number of carbonyl (C=O) groups is 2. The minimum Gasteiger partial charge on any atom is -0.335 e. The lowest BCUT2D eigenvalue weighted by molar-refractivity contribution is 0.101. The van der Waals surface area contributed by atoms with Gasteiger partial charge in [0.2, 0.25) is 0 Å². The van der Waals surface area contributed by atoms with Gasteiger partial charge >= 0.3 is 6.03 Å². The SMILES string of the molecule is CC(=O)c1cccc(NC(=O)NC2CCN(Cc3ccccc3)CC2)c1. The van der Waals surface area contributed by atoms with Crippen molar-refractivity contribution in [2.75, 3.05) is 18.4 Å². The van der Waals surface area contributed by atoms with Crippen LogP contribution in [0.15, 0.2) is 54.6 Å². The number of piperidine rings is 1. The van der Waals surface area contributed by atoms with Crippen molar-refractivity contribution >= 4 is 17.5 Å². The highest BCUT2D eigenvalue weighted by molar-refractivity contribution is 5.96. The van der Waals surface area contributed by atoms with Crippen LogP contribution < -0.4 is 10.6 Å². The fourth-order valence-electron chi connectivity index (χ4n) is 3.25. The first-order valence-electron chi connectivity index (χ1n) is 9.05. The third-order valence-corrected chi connectivity index (χ3v) is 4.70. The minimum atomic E-state index is -0.216. The predicted molar refractivity (Wildman–Crippen MR) is 103 cm³/mol. The highest BCUT2D eigenvalue weighted by Crippen LogP contribution is 2.15. The van der Waals surface area contributed by atoms with Gasteiger partial charge in [-0.05, 0) is 37.5 Å². The second-order valence-corrected chi connectivity index (χ2v) is 6.77. The molecule has 136 valence electrons. The Hall–Kier alpha value is -2.66. The van der Waals surface area contributed by atoms with Crippen molar-refractivity contribution in [2.24, 2.45) is 0 Å². The number of hydrogen-bond donors (Lipinski definition) is 2. The van der Waals surface area contributed by atoms with E-state index in [1.54, 1.807) is 24.3 Å². The lowest BCUT2D eigenvalue weighted by atomic mass is 10.0. The molecule has 2 aromatic carbocycles. The van der Waals surface area contributed by atoms with E-state index in [9.17, 15) is 9.59 Å². The van der Waals surface area contributed by atoms with Crippen LogP contribution >= 0.6 is 0 Å². The number of anilines is 1. The topological polar surface area (TPSA) is 61.4 Å². The average Bonchev–Trinajstić information content (AvgIpc) is 2.64. The van der Waals surface area contributed by atoms with Crippen LogP contribution in [0.5, 0.6) is 0 Å². The Balaban J connectivity index is 1.45. The van der Waals surface area contributed by atoms with E-state index in [0.29, 0.717) is 11.3 Å². The van der Waals surface area contributed by atoms with Gasteiger partial charge < -0.3 is 10.6 Å². The van der Waals surface area contributed by atoms with Gasteiger partial charge in [-0.3, -0.25) is 9.69 Å². The summed E-state index contributed by atoms with van der Waals surface area (Å²) >= 11 is 0. The Morgan fingerprint density at radius 3 is 2.46 bits per heavy atom. The Morgan fingerprint density at radius 1 is 1.04 bits per heavy atom. The number of nitrogens with zero attached hydrogens (tertiary/aromatic N) is 1. The number of carbonyl (C=O) groups excluding carboxylic acids is 2. The molecule has 0 saturated carbocycles. The lowest BCUT2D eigenvalue weighted by Gasteiger charge is -2.32. The van der Waals surface area contributed by atoms with Gasteiger partial charge in [0.15, 0.2) is 5.78 Å². The first-order valence-corrected chi connectivity index (χ1v) is 9.05. The number of urea groups is 1. The molecule has 0 atom stereocenters. The summed E-state index contributed by atoms with van der Waals surface area (Å²) in [6.07, 6.45) is 1.88. The monoisotopic (exact) mass is 351 g/mol. The van der Waals surface area contributed by atoms with Gasteiger partial charge in [0, 0.05) is 36.9 Å². The summed E-state index contributed by atoms with van der Waals surface area (Å²) in [5.74, 6) is -0.0140. The van der Waals surface area contributed by atoms with Crippen molar-refractivity contribution < 1.29 is 9.59 Å². The fraction of sp³-hybridized carbons (Fsp3) is 0.333. The molecule has 1 heterocycles. The zero-order valence-electron chi connectivity index (χ0n) is 15.1. The van der Waals surface area contributed by atoms with E-state index in [2.05, 4.69) is 39.8 Å². The zero-order chi connectivity index (χ0) is 18.4. The standard InChI is InChI=1S/C21H25N3O2/c1-16(25)18-8-5-9-20(14-18)23-21(26)22-19-10-12-24(13-11-19)15-17-6-3-2-4-7-17/h2-9,14,19H,10-13,15H2,1H3,(H2,22,23,26). The molecular weight excluding hydrogens is 326 g/mol. The molecule has 1 aliphatic rings. The van der Waals surface area contributed by atoms with E-state index >= 15 is 0 Å². The first kappa shape index (κ1) is 18.1. The molecule has 0 bridgehead atoms. The van der Waals surface area contributed by atoms with Crippen LogP contribution in [-0.4, -0.2) is 35.8 Å². The quantitative estimate of drug-likeness (QED) is 0.808. The maximum absolute atomic E-state index is 12.2. The number of likely N-dealkylation sites (tertiary alicyclic amines) is 1. The van der Waals surface area contributed by atoms with Crippen LogP contribution in [0.2, 0.25) is 0 Å². The van der Waals surface area contributed by atoms with E-state index in [0.717, 1.165) is 32.5 Å². The second-order valence-electron chi connectivity index (χ2n) is 6.77. The summed E-state index contributed by atoms with van der Waals surface area (Å²) in [4.78, 5) is 26.1. The molecule has 1 fully saturated rings. The molecule has 0 aromatic heterocycles. The normalized spacial score (nSPS) is 15.4. The average molecular weight is 351 g/mol. The van der Waals surface area contributed by atoms with Crippen molar-refractivity contribution in [3.8, 4) is 0 Å². The molecule has 26 heavy (non-hydrogen) atoms. The summed E-state index contributed by atoms with van der Waals surface area (Å²) in [7, 11) is 0. The van der Waals surface area contributed by atoms with E-state index in [1.165, 1.54) is 12.5 Å². The van der Waals surface area contributed by atoms with Gasteiger partial charge in [-0.1, -0.05) is 42.5 Å². The molecule has 3 rings (SSSR count). The van der Waals surface area contributed by atoms with Gasteiger partial charge in [-0.15, -0.1) is 0 Å². The molecule has 2 amide bonds. The fourth-order valence-corrected chi connectivity index (χ4v) is 3.25. The van der Waals surface area contributed by atoms with Crippen molar-refractivity contribution in [3.05, 3.63) is 65.7 Å². The number of ketones is 1. The predicted octanol–water partition coefficient (Wildman–Crippen LogP) is 3.68. The zero-order valence-corrected chi connectivity index (χ0v) is 15.1. The largest absolute Gasteiger partial charge is 0.335 e. The molecular formula is C21H25N3O2. The number of hydrogen-bond acceptors (Lipinski definition) is 3. The molecule has 0 radical (unpaired) electrons. The molecule has 0 spiro atoms. The van der Waals surface area contributed by atoms with Crippen molar-refractivity contribution in [1.29, 1.82) is 0 Å². The lowest BCUT2D eigenvalue weighted by Crippen LogP contribution is -2.45. The smallest absolute Gasteiger partial charge is 0.319 e. The highest BCUT2D eigenvalue weighted by Gasteiger charge is 2.20.